The van der Waals surface area contributed by atoms with E-state index >= 15 is 0 Å². The van der Waals surface area contributed by atoms with Crippen molar-refractivity contribution in [2.45, 2.75) is 37.1 Å². The Morgan fingerprint density at radius 2 is 2.03 bits per heavy atom. The Labute approximate surface area is 176 Å². The summed E-state index contributed by atoms with van der Waals surface area (Å²) in [6, 6.07) is 13.6. The third kappa shape index (κ3) is 3.45. The van der Waals surface area contributed by atoms with E-state index in [1.54, 1.807) is 7.11 Å². The van der Waals surface area contributed by atoms with E-state index in [0.717, 1.165) is 59.5 Å². The molecule has 3 heterocycles. The van der Waals surface area contributed by atoms with Crippen LogP contribution in [-0.4, -0.2) is 52.4 Å². The molecule has 0 amide bonds. The molecule has 2 aliphatic heterocycles. The summed E-state index contributed by atoms with van der Waals surface area (Å²) in [5.74, 6) is 1.60. The van der Waals surface area contributed by atoms with Crippen molar-refractivity contribution < 1.29 is 19.7 Å². The van der Waals surface area contributed by atoms with E-state index in [1.807, 2.05) is 48.7 Å². The standard InChI is InChI=1S/C24H28N2O4/c1-29-16-6-7-17-19(14-25-20(17)12-16)22(28)15-26-10-8-24(9-11-26)13-21(27)18-4-2-3-5-23(18)30-24/h2-7,12,14,21-22,25,27-28H,8-11,13,15H2,1H3/t21-,22+/m0/s1. The highest BCUT2D eigenvalue weighted by Crippen LogP contribution is 2.44. The van der Waals surface area contributed by atoms with Gasteiger partial charge in [0.05, 0.1) is 19.3 Å². The number of aliphatic hydroxyl groups excluding tert-OH is 2. The molecule has 30 heavy (non-hydrogen) atoms. The van der Waals surface area contributed by atoms with Crippen LogP contribution in [0.1, 0.15) is 42.6 Å². The van der Waals surface area contributed by atoms with Crippen LogP contribution >= 0.6 is 0 Å². The maximum atomic E-state index is 10.9. The minimum atomic E-state index is -0.570. The summed E-state index contributed by atoms with van der Waals surface area (Å²) in [6.07, 6.45) is 3.16. The third-order valence-electron chi connectivity index (χ3n) is 6.65. The average molecular weight is 408 g/mol. The Kier molecular flexibility index (Phi) is 4.93. The van der Waals surface area contributed by atoms with Gasteiger partial charge in [0.15, 0.2) is 0 Å². The largest absolute Gasteiger partial charge is 0.497 e. The molecular formula is C24H28N2O4. The molecule has 3 aromatic rings. The quantitative estimate of drug-likeness (QED) is 0.615. The fourth-order valence-electron chi connectivity index (χ4n) is 4.91. The maximum absolute atomic E-state index is 10.9. The molecule has 0 bridgehead atoms. The lowest BCUT2D eigenvalue weighted by Crippen LogP contribution is -2.51. The van der Waals surface area contributed by atoms with Crippen molar-refractivity contribution in [3.8, 4) is 11.5 Å². The molecule has 0 aliphatic carbocycles. The number of rotatable bonds is 4. The second-order valence-corrected chi connectivity index (χ2v) is 8.51. The molecule has 2 aromatic carbocycles. The van der Waals surface area contributed by atoms with E-state index in [4.69, 9.17) is 9.47 Å². The predicted molar refractivity (Wildman–Crippen MR) is 115 cm³/mol. The number of hydrogen-bond donors (Lipinski definition) is 3. The molecule has 0 radical (unpaired) electrons. The number of nitrogens with zero attached hydrogens (tertiary/aromatic N) is 1. The molecule has 158 valence electrons. The number of piperidine rings is 1. The normalized spacial score (nSPS) is 21.9. The molecular weight excluding hydrogens is 380 g/mol. The lowest BCUT2D eigenvalue weighted by molar-refractivity contribution is -0.0587. The number of ether oxygens (including phenoxy) is 2. The Morgan fingerprint density at radius 1 is 1.23 bits per heavy atom. The monoisotopic (exact) mass is 408 g/mol. The van der Waals surface area contributed by atoms with Crippen molar-refractivity contribution >= 4 is 10.9 Å². The van der Waals surface area contributed by atoms with Crippen LogP contribution in [0.2, 0.25) is 0 Å². The molecule has 3 N–H and O–H groups in total. The minimum Gasteiger partial charge on any atom is -0.497 e. The zero-order chi connectivity index (χ0) is 20.7. The van der Waals surface area contributed by atoms with Gasteiger partial charge in [0, 0.05) is 60.3 Å². The fourth-order valence-corrected chi connectivity index (χ4v) is 4.91. The van der Waals surface area contributed by atoms with Crippen LogP contribution in [0.15, 0.2) is 48.7 Å². The van der Waals surface area contributed by atoms with Gasteiger partial charge in [-0.1, -0.05) is 18.2 Å². The van der Waals surface area contributed by atoms with Crippen LogP contribution in [-0.2, 0) is 0 Å². The molecule has 6 heteroatoms. The zero-order valence-electron chi connectivity index (χ0n) is 17.2. The molecule has 2 atom stereocenters. The number of methoxy groups -OCH3 is 1. The summed E-state index contributed by atoms with van der Waals surface area (Å²) >= 11 is 0. The summed E-state index contributed by atoms with van der Waals surface area (Å²) in [4.78, 5) is 5.52. The number of aromatic nitrogens is 1. The van der Waals surface area contributed by atoms with E-state index in [1.165, 1.54) is 0 Å². The SMILES string of the molecule is COc1ccc2c([C@H](O)CN3CCC4(CC3)C[C@H](O)c3ccccc3O4)c[nH]c2c1. The molecule has 0 unspecified atom stereocenters. The van der Waals surface area contributed by atoms with Gasteiger partial charge in [0.1, 0.15) is 17.1 Å². The second kappa shape index (κ2) is 7.61. The molecule has 5 rings (SSSR count). The van der Waals surface area contributed by atoms with Crippen LogP contribution in [0.3, 0.4) is 0 Å². The first-order valence-corrected chi connectivity index (χ1v) is 10.6. The highest BCUT2D eigenvalue weighted by molar-refractivity contribution is 5.84. The summed E-state index contributed by atoms with van der Waals surface area (Å²) in [7, 11) is 1.65. The van der Waals surface area contributed by atoms with Gasteiger partial charge in [-0.25, -0.2) is 0 Å². The van der Waals surface area contributed by atoms with Crippen LogP contribution in [0.5, 0.6) is 11.5 Å². The third-order valence-corrected chi connectivity index (χ3v) is 6.65. The van der Waals surface area contributed by atoms with E-state index in [2.05, 4.69) is 9.88 Å². The highest BCUT2D eigenvalue weighted by Gasteiger charge is 2.43. The van der Waals surface area contributed by atoms with E-state index in [0.29, 0.717) is 13.0 Å². The van der Waals surface area contributed by atoms with Gasteiger partial charge in [-0.2, -0.15) is 0 Å². The number of aromatic amines is 1. The first-order chi connectivity index (χ1) is 14.6. The van der Waals surface area contributed by atoms with Gasteiger partial charge in [0.25, 0.3) is 0 Å². The van der Waals surface area contributed by atoms with E-state index in [-0.39, 0.29) is 5.60 Å². The van der Waals surface area contributed by atoms with Crippen molar-refractivity contribution in [2.75, 3.05) is 26.7 Å². The number of benzene rings is 2. The number of aliphatic hydroxyl groups is 2. The first kappa shape index (κ1) is 19.4. The van der Waals surface area contributed by atoms with Crippen LogP contribution in [0.25, 0.3) is 10.9 Å². The Balaban J connectivity index is 1.25. The van der Waals surface area contributed by atoms with Gasteiger partial charge >= 0.3 is 0 Å². The van der Waals surface area contributed by atoms with Crippen molar-refractivity contribution in [3.05, 3.63) is 59.8 Å². The average Bonchev–Trinajstić information content (AvgIpc) is 3.19. The summed E-state index contributed by atoms with van der Waals surface area (Å²) in [6.45, 7) is 2.25. The Morgan fingerprint density at radius 3 is 2.83 bits per heavy atom. The van der Waals surface area contributed by atoms with Crippen LogP contribution < -0.4 is 9.47 Å². The second-order valence-electron chi connectivity index (χ2n) is 8.51. The molecule has 6 nitrogen and oxygen atoms in total. The summed E-state index contributed by atoms with van der Waals surface area (Å²) < 4.78 is 11.6. The molecule has 2 aliphatic rings. The van der Waals surface area contributed by atoms with E-state index in [9.17, 15) is 10.2 Å². The van der Waals surface area contributed by atoms with Gasteiger partial charge < -0.3 is 29.6 Å². The van der Waals surface area contributed by atoms with Gasteiger partial charge in [-0.3, -0.25) is 0 Å². The molecule has 1 fully saturated rings. The fraction of sp³-hybridized carbons (Fsp3) is 0.417. The number of para-hydroxylation sites is 1. The lowest BCUT2D eigenvalue weighted by Gasteiger charge is -2.46. The van der Waals surface area contributed by atoms with Crippen molar-refractivity contribution in [2.24, 2.45) is 0 Å². The Bertz CT molecular complexity index is 1040. The smallest absolute Gasteiger partial charge is 0.125 e. The van der Waals surface area contributed by atoms with Gasteiger partial charge in [-0.05, 0) is 31.0 Å². The highest BCUT2D eigenvalue weighted by atomic mass is 16.5. The summed E-state index contributed by atoms with van der Waals surface area (Å²) in [5.41, 5.74) is 2.44. The molecule has 0 saturated carbocycles. The molecule has 1 spiro atoms. The maximum Gasteiger partial charge on any atom is 0.125 e. The predicted octanol–water partition coefficient (Wildman–Crippen LogP) is 3.56. The summed E-state index contributed by atoms with van der Waals surface area (Å²) in [5, 5.41) is 22.5. The zero-order valence-corrected chi connectivity index (χ0v) is 17.2. The number of nitrogens with one attached hydrogen (secondary N) is 1. The first-order valence-electron chi connectivity index (χ1n) is 10.6. The van der Waals surface area contributed by atoms with Crippen LogP contribution in [0, 0.1) is 0 Å². The van der Waals surface area contributed by atoms with Crippen molar-refractivity contribution in [1.29, 1.82) is 0 Å². The number of hydrogen-bond acceptors (Lipinski definition) is 5. The minimum absolute atomic E-state index is 0.313. The number of likely N-dealkylation sites (tertiary alicyclic amines) is 1. The van der Waals surface area contributed by atoms with Gasteiger partial charge in [-0.15, -0.1) is 0 Å². The van der Waals surface area contributed by atoms with Crippen molar-refractivity contribution in [3.63, 3.8) is 0 Å². The van der Waals surface area contributed by atoms with Crippen molar-refractivity contribution in [1.82, 2.24) is 9.88 Å². The number of fused-ring (bicyclic) bond motifs is 2. The number of β-amino-alcohol motifs (C(OH)–C–C–N with tert-alkyl or cyclic N) is 1. The Hall–Kier alpha value is -2.54. The van der Waals surface area contributed by atoms with Gasteiger partial charge in [0.2, 0.25) is 0 Å². The van der Waals surface area contributed by atoms with Crippen LogP contribution in [0.4, 0.5) is 0 Å². The molecule has 1 aromatic heterocycles. The number of H-pyrrole nitrogens is 1. The molecule has 1 saturated heterocycles. The topological polar surface area (TPSA) is 78.0 Å². The van der Waals surface area contributed by atoms with E-state index < -0.39 is 12.2 Å². The lowest BCUT2D eigenvalue weighted by atomic mass is 9.81.